The Morgan fingerprint density at radius 2 is 2.17 bits per heavy atom. The van der Waals surface area contributed by atoms with E-state index in [0.29, 0.717) is 17.7 Å². The van der Waals surface area contributed by atoms with E-state index in [2.05, 4.69) is 6.58 Å². The summed E-state index contributed by atoms with van der Waals surface area (Å²) in [5, 5.41) is 0. The SMILES string of the molecule is C=C(C)[C@H]1Cc2c(ccc(C(=O)OC)c2OC)O1. The van der Waals surface area contributed by atoms with Crippen molar-refractivity contribution in [1.29, 1.82) is 0 Å². The fraction of sp³-hybridized carbons (Fsp3) is 0.357. The highest BCUT2D eigenvalue weighted by Crippen LogP contribution is 2.39. The molecule has 1 heterocycles. The highest BCUT2D eigenvalue weighted by atomic mass is 16.5. The monoisotopic (exact) mass is 248 g/mol. The lowest BCUT2D eigenvalue weighted by Crippen LogP contribution is -2.13. The van der Waals surface area contributed by atoms with E-state index in [9.17, 15) is 4.79 Å². The van der Waals surface area contributed by atoms with Crippen LogP contribution in [0.5, 0.6) is 11.5 Å². The maximum absolute atomic E-state index is 11.6. The fourth-order valence-corrected chi connectivity index (χ4v) is 2.07. The quantitative estimate of drug-likeness (QED) is 0.608. The van der Waals surface area contributed by atoms with Crippen molar-refractivity contribution in [3.63, 3.8) is 0 Å². The second-order valence-corrected chi connectivity index (χ2v) is 4.27. The van der Waals surface area contributed by atoms with Crippen LogP contribution in [0.3, 0.4) is 0 Å². The molecule has 1 aromatic rings. The van der Waals surface area contributed by atoms with Crippen molar-refractivity contribution in [2.45, 2.75) is 19.4 Å². The minimum atomic E-state index is -0.409. The molecular weight excluding hydrogens is 232 g/mol. The third kappa shape index (κ3) is 1.94. The Morgan fingerprint density at radius 1 is 1.44 bits per heavy atom. The zero-order chi connectivity index (χ0) is 13.3. The smallest absolute Gasteiger partial charge is 0.341 e. The molecule has 1 aliphatic heterocycles. The van der Waals surface area contributed by atoms with Gasteiger partial charge in [-0.2, -0.15) is 0 Å². The number of esters is 1. The molecule has 1 atom stereocenters. The van der Waals surface area contributed by atoms with Crippen LogP contribution in [-0.2, 0) is 11.2 Å². The number of ether oxygens (including phenoxy) is 3. The summed E-state index contributed by atoms with van der Waals surface area (Å²) in [5.41, 5.74) is 2.27. The van der Waals surface area contributed by atoms with Crippen LogP contribution in [0.25, 0.3) is 0 Å². The Morgan fingerprint density at radius 3 is 2.72 bits per heavy atom. The molecule has 4 heteroatoms. The van der Waals surface area contributed by atoms with Gasteiger partial charge >= 0.3 is 5.97 Å². The van der Waals surface area contributed by atoms with Gasteiger partial charge in [-0.3, -0.25) is 0 Å². The van der Waals surface area contributed by atoms with Gasteiger partial charge in [0, 0.05) is 12.0 Å². The van der Waals surface area contributed by atoms with Crippen LogP contribution in [0, 0.1) is 0 Å². The zero-order valence-electron chi connectivity index (χ0n) is 10.8. The highest BCUT2D eigenvalue weighted by Gasteiger charge is 2.29. The molecule has 0 unspecified atom stereocenters. The molecule has 1 aliphatic rings. The largest absolute Gasteiger partial charge is 0.495 e. The summed E-state index contributed by atoms with van der Waals surface area (Å²) in [5.74, 6) is 0.865. The maximum Gasteiger partial charge on any atom is 0.341 e. The van der Waals surface area contributed by atoms with E-state index >= 15 is 0 Å². The summed E-state index contributed by atoms with van der Waals surface area (Å²) in [7, 11) is 2.89. The first-order valence-corrected chi connectivity index (χ1v) is 5.68. The third-order valence-electron chi connectivity index (χ3n) is 3.04. The average Bonchev–Trinajstić information content (AvgIpc) is 2.80. The molecule has 0 saturated heterocycles. The second kappa shape index (κ2) is 4.72. The summed E-state index contributed by atoms with van der Waals surface area (Å²) >= 11 is 0. The maximum atomic E-state index is 11.6. The summed E-state index contributed by atoms with van der Waals surface area (Å²) < 4.78 is 15.8. The van der Waals surface area contributed by atoms with Crippen molar-refractivity contribution >= 4 is 5.97 Å². The zero-order valence-corrected chi connectivity index (χ0v) is 10.8. The topological polar surface area (TPSA) is 44.8 Å². The number of hydrogen-bond acceptors (Lipinski definition) is 4. The molecule has 4 nitrogen and oxygen atoms in total. The van der Waals surface area contributed by atoms with Gasteiger partial charge in [-0.05, 0) is 24.6 Å². The van der Waals surface area contributed by atoms with Gasteiger partial charge in [-0.25, -0.2) is 4.79 Å². The molecule has 0 bridgehead atoms. The van der Waals surface area contributed by atoms with Crippen LogP contribution in [0.1, 0.15) is 22.8 Å². The van der Waals surface area contributed by atoms with Crippen LogP contribution >= 0.6 is 0 Å². The normalized spacial score (nSPS) is 16.7. The lowest BCUT2D eigenvalue weighted by Gasteiger charge is -2.10. The van der Waals surface area contributed by atoms with Crippen molar-refractivity contribution in [2.75, 3.05) is 14.2 Å². The number of methoxy groups -OCH3 is 2. The number of benzene rings is 1. The Labute approximate surface area is 106 Å². The minimum absolute atomic E-state index is 0.0539. The summed E-state index contributed by atoms with van der Waals surface area (Å²) in [4.78, 5) is 11.6. The standard InChI is InChI=1S/C14H16O4/c1-8(2)12-7-10-11(18-12)6-5-9(13(10)16-3)14(15)17-4/h5-6,12H,1,7H2,2-4H3/t12-/m1/s1. The van der Waals surface area contributed by atoms with E-state index in [4.69, 9.17) is 14.2 Å². The molecule has 0 amide bonds. The Kier molecular flexibility index (Phi) is 3.28. The molecule has 96 valence electrons. The van der Waals surface area contributed by atoms with Gasteiger partial charge in [-0.15, -0.1) is 0 Å². The molecule has 0 aliphatic carbocycles. The van der Waals surface area contributed by atoms with Gasteiger partial charge in [0.2, 0.25) is 0 Å². The number of hydrogen-bond donors (Lipinski definition) is 0. The predicted octanol–water partition coefficient (Wildman–Crippen LogP) is 2.36. The van der Waals surface area contributed by atoms with Crippen molar-refractivity contribution in [1.82, 2.24) is 0 Å². The lowest BCUT2D eigenvalue weighted by molar-refractivity contribution is 0.0597. The van der Waals surface area contributed by atoms with Crippen LogP contribution in [-0.4, -0.2) is 26.3 Å². The van der Waals surface area contributed by atoms with Crippen LogP contribution in [0.2, 0.25) is 0 Å². The van der Waals surface area contributed by atoms with E-state index in [1.54, 1.807) is 12.1 Å². The minimum Gasteiger partial charge on any atom is -0.495 e. The second-order valence-electron chi connectivity index (χ2n) is 4.27. The summed E-state index contributed by atoms with van der Waals surface area (Å²) in [6.07, 6.45) is 0.611. The Bertz CT molecular complexity index is 505. The van der Waals surface area contributed by atoms with Crippen molar-refractivity contribution in [2.24, 2.45) is 0 Å². The molecule has 0 fully saturated rings. The molecule has 2 rings (SSSR count). The van der Waals surface area contributed by atoms with E-state index in [0.717, 1.165) is 16.9 Å². The molecule has 0 spiro atoms. The van der Waals surface area contributed by atoms with Gasteiger partial charge < -0.3 is 14.2 Å². The van der Waals surface area contributed by atoms with Crippen LogP contribution in [0.4, 0.5) is 0 Å². The van der Waals surface area contributed by atoms with Gasteiger partial charge in [0.15, 0.2) is 0 Å². The van der Waals surface area contributed by atoms with Gasteiger partial charge in [0.1, 0.15) is 23.2 Å². The summed E-state index contributed by atoms with van der Waals surface area (Å²) in [6.45, 7) is 5.81. The van der Waals surface area contributed by atoms with E-state index in [-0.39, 0.29) is 6.10 Å². The number of carbonyl (C=O) groups is 1. The van der Waals surface area contributed by atoms with Crippen molar-refractivity contribution in [3.05, 3.63) is 35.4 Å². The molecular formula is C14H16O4. The predicted molar refractivity (Wildman–Crippen MR) is 67.3 cm³/mol. The fourth-order valence-electron chi connectivity index (χ4n) is 2.07. The molecule has 0 N–H and O–H groups in total. The Balaban J connectivity index is 2.45. The third-order valence-corrected chi connectivity index (χ3v) is 3.04. The number of rotatable bonds is 3. The van der Waals surface area contributed by atoms with Gasteiger partial charge in [0.25, 0.3) is 0 Å². The number of carbonyl (C=O) groups excluding carboxylic acids is 1. The molecule has 0 saturated carbocycles. The van der Waals surface area contributed by atoms with E-state index < -0.39 is 5.97 Å². The summed E-state index contributed by atoms with van der Waals surface area (Å²) in [6, 6.07) is 3.43. The Hall–Kier alpha value is -1.97. The molecule has 18 heavy (non-hydrogen) atoms. The van der Waals surface area contributed by atoms with Crippen molar-refractivity contribution < 1.29 is 19.0 Å². The van der Waals surface area contributed by atoms with Crippen LogP contribution in [0.15, 0.2) is 24.3 Å². The first-order chi connectivity index (χ1) is 8.58. The molecule has 0 radical (unpaired) electrons. The van der Waals surface area contributed by atoms with Crippen molar-refractivity contribution in [3.8, 4) is 11.5 Å². The van der Waals surface area contributed by atoms with Gasteiger partial charge in [0.05, 0.1) is 14.2 Å². The molecule has 0 aromatic heterocycles. The average molecular weight is 248 g/mol. The van der Waals surface area contributed by atoms with Crippen LogP contribution < -0.4 is 9.47 Å². The van der Waals surface area contributed by atoms with E-state index in [1.807, 2.05) is 6.92 Å². The first kappa shape index (κ1) is 12.5. The van der Waals surface area contributed by atoms with E-state index in [1.165, 1.54) is 14.2 Å². The number of fused-ring (bicyclic) bond motifs is 1. The highest BCUT2D eigenvalue weighted by molar-refractivity contribution is 5.93. The first-order valence-electron chi connectivity index (χ1n) is 5.68. The molecule has 1 aromatic carbocycles. The lowest BCUT2D eigenvalue weighted by atomic mass is 10.0. The van der Waals surface area contributed by atoms with Gasteiger partial charge in [-0.1, -0.05) is 6.58 Å².